The van der Waals surface area contributed by atoms with E-state index in [9.17, 15) is 4.79 Å². The molecule has 24 heavy (non-hydrogen) atoms. The molecule has 0 bridgehead atoms. The van der Waals surface area contributed by atoms with Gasteiger partial charge in [0.1, 0.15) is 6.04 Å². The fraction of sp³-hybridized carbons (Fsp3) is 0.316. The molecule has 1 atom stereocenters. The number of ether oxygens (including phenoxy) is 3. The number of hydrogen-bond acceptors (Lipinski definition) is 5. The van der Waals surface area contributed by atoms with E-state index in [-0.39, 0.29) is 5.97 Å². The molecule has 5 heteroatoms. The summed E-state index contributed by atoms with van der Waals surface area (Å²) in [6.45, 7) is 3.00. The van der Waals surface area contributed by atoms with Crippen molar-refractivity contribution >= 4 is 5.97 Å². The summed E-state index contributed by atoms with van der Waals surface area (Å²) in [5, 5.41) is 3.23. The maximum Gasteiger partial charge on any atom is 0.327 e. The highest BCUT2D eigenvalue weighted by Crippen LogP contribution is 2.28. The van der Waals surface area contributed by atoms with E-state index in [0.29, 0.717) is 24.7 Å². The quantitative estimate of drug-likeness (QED) is 0.754. The maximum atomic E-state index is 12.1. The number of hydrogen-bond donors (Lipinski definition) is 1. The van der Waals surface area contributed by atoms with Crippen molar-refractivity contribution in [3.63, 3.8) is 0 Å². The number of methoxy groups -OCH3 is 2. The van der Waals surface area contributed by atoms with Crippen molar-refractivity contribution in [2.24, 2.45) is 0 Å². The van der Waals surface area contributed by atoms with Crippen LogP contribution in [0.15, 0.2) is 48.5 Å². The van der Waals surface area contributed by atoms with Crippen LogP contribution in [0.5, 0.6) is 11.5 Å². The molecule has 0 aliphatic rings. The molecule has 2 aromatic rings. The van der Waals surface area contributed by atoms with Crippen LogP contribution in [0.25, 0.3) is 0 Å². The maximum absolute atomic E-state index is 12.1. The molecule has 0 fully saturated rings. The van der Waals surface area contributed by atoms with E-state index in [4.69, 9.17) is 14.2 Å². The second-order valence-electron chi connectivity index (χ2n) is 5.17. The van der Waals surface area contributed by atoms with Crippen molar-refractivity contribution < 1.29 is 19.0 Å². The first-order valence-corrected chi connectivity index (χ1v) is 7.85. The highest BCUT2D eigenvalue weighted by molar-refractivity contribution is 5.77. The summed E-state index contributed by atoms with van der Waals surface area (Å²) in [5.41, 5.74) is 1.85. The first-order chi connectivity index (χ1) is 11.7. The minimum atomic E-state index is -0.520. The monoisotopic (exact) mass is 329 g/mol. The van der Waals surface area contributed by atoms with Gasteiger partial charge in [-0.3, -0.25) is 5.32 Å². The highest BCUT2D eigenvalue weighted by atomic mass is 16.5. The molecule has 128 valence electrons. The lowest BCUT2D eigenvalue weighted by Crippen LogP contribution is -2.29. The summed E-state index contributed by atoms with van der Waals surface area (Å²) >= 11 is 0. The van der Waals surface area contributed by atoms with Crippen LogP contribution in [0.2, 0.25) is 0 Å². The van der Waals surface area contributed by atoms with Crippen LogP contribution >= 0.6 is 0 Å². The van der Waals surface area contributed by atoms with Gasteiger partial charge in [-0.15, -0.1) is 0 Å². The Morgan fingerprint density at radius 2 is 1.83 bits per heavy atom. The van der Waals surface area contributed by atoms with Crippen molar-refractivity contribution in [1.82, 2.24) is 5.32 Å². The third-order valence-corrected chi connectivity index (χ3v) is 3.61. The van der Waals surface area contributed by atoms with E-state index in [1.54, 1.807) is 7.11 Å². The van der Waals surface area contributed by atoms with Crippen molar-refractivity contribution in [2.75, 3.05) is 20.8 Å². The standard InChI is InChI=1S/C19H23NO4/c1-4-24-16-11-10-14(12-17(16)22-2)13-20-18(19(21)23-3)15-8-6-5-7-9-15/h5-12,18,20H,4,13H2,1-3H3. The summed E-state index contributed by atoms with van der Waals surface area (Å²) in [6.07, 6.45) is 0. The lowest BCUT2D eigenvalue weighted by Gasteiger charge is -2.17. The zero-order valence-corrected chi connectivity index (χ0v) is 14.2. The lowest BCUT2D eigenvalue weighted by atomic mass is 10.1. The van der Waals surface area contributed by atoms with Crippen LogP contribution in [-0.2, 0) is 16.1 Å². The summed E-state index contributed by atoms with van der Waals surface area (Å²) in [7, 11) is 3.00. The first kappa shape index (κ1) is 17.8. The van der Waals surface area contributed by atoms with Crippen LogP contribution in [0.4, 0.5) is 0 Å². The highest BCUT2D eigenvalue weighted by Gasteiger charge is 2.20. The van der Waals surface area contributed by atoms with Gasteiger partial charge >= 0.3 is 5.97 Å². The van der Waals surface area contributed by atoms with E-state index in [1.165, 1.54) is 7.11 Å². The molecule has 5 nitrogen and oxygen atoms in total. The molecule has 0 radical (unpaired) electrons. The van der Waals surface area contributed by atoms with Crippen molar-refractivity contribution in [3.8, 4) is 11.5 Å². The smallest absolute Gasteiger partial charge is 0.327 e. The number of benzene rings is 2. The second kappa shape index (κ2) is 8.93. The fourth-order valence-electron chi connectivity index (χ4n) is 2.42. The predicted molar refractivity (Wildman–Crippen MR) is 92.2 cm³/mol. The number of nitrogens with one attached hydrogen (secondary N) is 1. The van der Waals surface area contributed by atoms with E-state index in [2.05, 4.69) is 5.32 Å². The SMILES string of the molecule is CCOc1ccc(CNC(C(=O)OC)c2ccccc2)cc1OC. The van der Waals surface area contributed by atoms with E-state index in [1.807, 2.05) is 55.5 Å². The van der Waals surface area contributed by atoms with Gasteiger partial charge in [0.2, 0.25) is 0 Å². The van der Waals surface area contributed by atoms with Gasteiger partial charge < -0.3 is 14.2 Å². The molecule has 1 unspecified atom stereocenters. The Hall–Kier alpha value is -2.53. The van der Waals surface area contributed by atoms with Crippen molar-refractivity contribution in [2.45, 2.75) is 19.5 Å². The number of carbonyl (C=O) groups is 1. The van der Waals surface area contributed by atoms with Gasteiger partial charge in [-0.05, 0) is 30.2 Å². The van der Waals surface area contributed by atoms with Gasteiger partial charge in [0.25, 0.3) is 0 Å². The van der Waals surface area contributed by atoms with Gasteiger partial charge in [0.15, 0.2) is 11.5 Å². The number of rotatable bonds is 8. The Morgan fingerprint density at radius 1 is 1.08 bits per heavy atom. The van der Waals surface area contributed by atoms with Gasteiger partial charge in [-0.1, -0.05) is 36.4 Å². The van der Waals surface area contributed by atoms with E-state index < -0.39 is 6.04 Å². The minimum absolute atomic E-state index is 0.320. The molecular weight excluding hydrogens is 306 g/mol. The molecule has 2 rings (SSSR count). The molecule has 0 aliphatic heterocycles. The molecule has 0 heterocycles. The summed E-state index contributed by atoms with van der Waals surface area (Å²) in [6, 6.07) is 14.7. The Balaban J connectivity index is 2.13. The summed E-state index contributed by atoms with van der Waals surface area (Å²) in [4.78, 5) is 12.1. The third kappa shape index (κ3) is 4.49. The average molecular weight is 329 g/mol. The van der Waals surface area contributed by atoms with Gasteiger partial charge in [0, 0.05) is 6.54 Å². The third-order valence-electron chi connectivity index (χ3n) is 3.61. The Kier molecular flexibility index (Phi) is 6.63. The van der Waals surface area contributed by atoms with E-state index >= 15 is 0 Å². The zero-order valence-electron chi connectivity index (χ0n) is 14.2. The molecule has 1 N–H and O–H groups in total. The summed E-state index contributed by atoms with van der Waals surface area (Å²) in [5.74, 6) is 1.06. The number of carbonyl (C=O) groups excluding carboxylic acids is 1. The van der Waals surface area contributed by atoms with Gasteiger partial charge in [-0.2, -0.15) is 0 Å². The van der Waals surface area contributed by atoms with Gasteiger partial charge in [0.05, 0.1) is 20.8 Å². The summed E-state index contributed by atoms with van der Waals surface area (Å²) < 4.78 is 15.8. The molecule has 0 aromatic heterocycles. The van der Waals surface area contributed by atoms with Crippen LogP contribution in [-0.4, -0.2) is 26.8 Å². The fourth-order valence-corrected chi connectivity index (χ4v) is 2.42. The van der Waals surface area contributed by atoms with Crippen LogP contribution in [0, 0.1) is 0 Å². The van der Waals surface area contributed by atoms with Crippen LogP contribution in [0.3, 0.4) is 0 Å². The molecule has 0 spiro atoms. The van der Waals surface area contributed by atoms with Crippen molar-refractivity contribution in [1.29, 1.82) is 0 Å². The van der Waals surface area contributed by atoms with E-state index in [0.717, 1.165) is 11.1 Å². The number of esters is 1. The minimum Gasteiger partial charge on any atom is -0.493 e. The first-order valence-electron chi connectivity index (χ1n) is 7.85. The molecule has 0 saturated carbocycles. The second-order valence-corrected chi connectivity index (χ2v) is 5.17. The largest absolute Gasteiger partial charge is 0.493 e. The Bertz CT molecular complexity index is 658. The normalized spacial score (nSPS) is 11.6. The predicted octanol–water partition coefficient (Wildman–Crippen LogP) is 3.10. The molecular formula is C19H23NO4. The Labute approximate surface area is 142 Å². The molecule has 0 aliphatic carbocycles. The van der Waals surface area contributed by atoms with Gasteiger partial charge in [-0.25, -0.2) is 4.79 Å². The molecule has 0 saturated heterocycles. The molecule has 0 amide bonds. The van der Waals surface area contributed by atoms with Crippen LogP contribution < -0.4 is 14.8 Å². The molecule has 2 aromatic carbocycles. The van der Waals surface area contributed by atoms with Crippen LogP contribution in [0.1, 0.15) is 24.1 Å². The van der Waals surface area contributed by atoms with Crippen molar-refractivity contribution in [3.05, 3.63) is 59.7 Å². The average Bonchev–Trinajstić information content (AvgIpc) is 2.63. The topological polar surface area (TPSA) is 56.8 Å². The Morgan fingerprint density at radius 3 is 2.46 bits per heavy atom. The zero-order chi connectivity index (χ0) is 17.4. The lowest BCUT2D eigenvalue weighted by molar-refractivity contribution is -0.143.